The van der Waals surface area contributed by atoms with Gasteiger partial charge < -0.3 is 10.6 Å². The Morgan fingerprint density at radius 1 is 1.09 bits per heavy atom. The Kier molecular flexibility index (Phi) is 6.01. The lowest BCUT2D eigenvalue weighted by Gasteiger charge is -2.26. The van der Waals surface area contributed by atoms with Gasteiger partial charge in [0.05, 0.1) is 0 Å². The smallest absolute Gasteiger partial charge is 0.191 e. The van der Waals surface area contributed by atoms with E-state index < -0.39 is 0 Å². The highest BCUT2D eigenvalue weighted by atomic mass is 32.1. The Bertz CT molecular complexity index is 574. The van der Waals surface area contributed by atoms with E-state index >= 15 is 0 Å². The minimum Gasteiger partial charge on any atom is -0.356 e. The van der Waals surface area contributed by atoms with Crippen LogP contribution in [0.15, 0.2) is 52.2 Å². The van der Waals surface area contributed by atoms with Crippen LogP contribution in [0.4, 0.5) is 0 Å². The second kappa shape index (κ2) is 7.99. The zero-order chi connectivity index (χ0) is 15.8. The molecular weight excluding hydrogens is 290 g/mol. The zero-order valence-electron chi connectivity index (χ0n) is 13.6. The fourth-order valence-corrected chi connectivity index (χ4v) is 3.00. The largest absolute Gasteiger partial charge is 0.356 e. The van der Waals surface area contributed by atoms with Crippen molar-refractivity contribution in [1.29, 1.82) is 0 Å². The summed E-state index contributed by atoms with van der Waals surface area (Å²) in [5, 5.41) is 11.0. The van der Waals surface area contributed by atoms with Crippen molar-refractivity contribution in [2.24, 2.45) is 10.4 Å². The van der Waals surface area contributed by atoms with Gasteiger partial charge in [-0.3, -0.25) is 4.99 Å². The minimum absolute atomic E-state index is 0.168. The second-order valence-corrected chi connectivity index (χ2v) is 7.02. The highest BCUT2D eigenvalue weighted by Gasteiger charge is 2.18. The molecule has 2 aromatic rings. The van der Waals surface area contributed by atoms with E-state index in [1.165, 1.54) is 11.1 Å². The van der Waals surface area contributed by atoms with Crippen LogP contribution in [0.3, 0.4) is 0 Å². The van der Waals surface area contributed by atoms with Crippen molar-refractivity contribution in [2.75, 3.05) is 13.6 Å². The summed E-state index contributed by atoms with van der Waals surface area (Å²) < 4.78 is 0. The van der Waals surface area contributed by atoms with Gasteiger partial charge in [-0.05, 0) is 39.8 Å². The summed E-state index contributed by atoms with van der Waals surface area (Å²) in [7, 11) is 1.81. The first-order valence-corrected chi connectivity index (χ1v) is 8.53. The van der Waals surface area contributed by atoms with E-state index in [4.69, 9.17) is 0 Å². The molecule has 2 rings (SSSR count). The van der Waals surface area contributed by atoms with Crippen molar-refractivity contribution >= 4 is 17.3 Å². The molecule has 0 bridgehead atoms. The molecule has 3 nitrogen and oxygen atoms in total. The van der Waals surface area contributed by atoms with Gasteiger partial charge in [-0.15, -0.1) is 0 Å². The molecule has 0 fully saturated rings. The molecule has 0 saturated carbocycles. The van der Waals surface area contributed by atoms with Crippen LogP contribution in [0.5, 0.6) is 0 Å². The molecule has 0 unspecified atom stereocenters. The third-order valence-electron chi connectivity index (χ3n) is 3.52. The predicted octanol–water partition coefficient (Wildman–Crippen LogP) is 3.68. The zero-order valence-corrected chi connectivity index (χ0v) is 14.4. The number of nitrogens with zero attached hydrogens (tertiary/aromatic N) is 1. The summed E-state index contributed by atoms with van der Waals surface area (Å²) in [4.78, 5) is 4.30. The quantitative estimate of drug-likeness (QED) is 0.630. The van der Waals surface area contributed by atoms with E-state index in [-0.39, 0.29) is 5.41 Å². The molecule has 0 atom stereocenters. The van der Waals surface area contributed by atoms with Crippen molar-refractivity contribution in [3.8, 4) is 0 Å². The maximum atomic E-state index is 4.30. The molecule has 1 heterocycles. The molecule has 0 aliphatic rings. The number of guanidine groups is 1. The normalized spacial score (nSPS) is 12.2. The van der Waals surface area contributed by atoms with Crippen LogP contribution >= 0.6 is 11.3 Å². The van der Waals surface area contributed by atoms with Crippen molar-refractivity contribution in [2.45, 2.75) is 26.8 Å². The second-order valence-electron chi connectivity index (χ2n) is 6.24. The van der Waals surface area contributed by atoms with Gasteiger partial charge >= 0.3 is 0 Å². The highest BCUT2D eigenvalue weighted by molar-refractivity contribution is 7.07. The van der Waals surface area contributed by atoms with E-state index in [1.54, 1.807) is 11.3 Å². The van der Waals surface area contributed by atoms with Crippen LogP contribution in [0.25, 0.3) is 0 Å². The Morgan fingerprint density at radius 2 is 1.86 bits per heavy atom. The van der Waals surface area contributed by atoms with E-state index in [0.29, 0.717) is 0 Å². The first-order chi connectivity index (χ1) is 10.6. The monoisotopic (exact) mass is 315 g/mol. The van der Waals surface area contributed by atoms with Gasteiger partial charge in [0.25, 0.3) is 0 Å². The summed E-state index contributed by atoms with van der Waals surface area (Å²) in [5.41, 5.74) is 2.83. The van der Waals surface area contributed by atoms with Crippen LogP contribution in [-0.4, -0.2) is 19.6 Å². The van der Waals surface area contributed by atoms with E-state index in [0.717, 1.165) is 25.5 Å². The van der Waals surface area contributed by atoms with Crippen LogP contribution < -0.4 is 10.6 Å². The number of thiophene rings is 1. The Hall–Kier alpha value is -1.81. The number of aliphatic imine (C=N–C) groups is 1. The number of benzene rings is 1. The van der Waals surface area contributed by atoms with Gasteiger partial charge in [-0.1, -0.05) is 44.2 Å². The fraction of sp³-hybridized carbons (Fsp3) is 0.389. The van der Waals surface area contributed by atoms with E-state index in [2.05, 4.69) is 76.6 Å². The van der Waals surface area contributed by atoms with Crippen LogP contribution in [0.1, 0.15) is 25.0 Å². The molecule has 2 N–H and O–H groups in total. The molecule has 1 aromatic carbocycles. The van der Waals surface area contributed by atoms with Gasteiger partial charge in [0.2, 0.25) is 0 Å². The summed E-state index contributed by atoms with van der Waals surface area (Å²) in [6, 6.07) is 12.8. The standard InChI is InChI=1S/C18H25N3S/c1-18(2,11-15-7-5-4-6-8-15)14-21-17(19-3)20-12-16-9-10-22-13-16/h4-10,13H,11-12,14H2,1-3H3,(H2,19,20,21). The Labute approximate surface area is 137 Å². The lowest BCUT2D eigenvalue weighted by Crippen LogP contribution is -2.42. The third kappa shape index (κ3) is 5.53. The molecule has 0 saturated heterocycles. The van der Waals surface area contributed by atoms with E-state index in [9.17, 15) is 0 Å². The van der Waals surface area contributed by atoms with Gasteiger partial charge in [0.1, 0.15) is 0 Å². The molecule has 0 aliphatic heterocycles. The summed E-state index contributed by atoms with van der Waals surface area (Å²) in [5.74, 6) is 0.854. The Balaban J connectivity index is 1.81. The van der Waals surface area contributed by atoms with Crippen LogP contribution in [0, 0.1) is 5.41 Å². The predicted molar refractivity (Wildman–Crippen MR) is 96.4 cm³/mol. The highest BCUT2D eigenvalue weighted by Crippen LogP contribution is 2.20. The Morgan fingerprint density at radius 3 is 2.50 bits per heavy atom. The topological polar surface area (TPSA) is 36.4 Å². The number of nitrogens with one attached hydrogen (secondary N) is 2. The van der Waals surface area contributed by atoms with Gasteiger partial charge in [-0.2, -0.15) is 11.3 Å². The molecule has 22 heavy (non-hydrogen) atoms. The molecular formula is C18H25N3S. The molecule has 0 amide bonds. The first kappa shape index (κ1) is 16.6. The first-order valence-electron chi connectivity index (χ1n) is 7.58. The van der Waals surface area contributed by atoms with Crippen molar-refractivity contribution in [3.63, 3.8) is 0 Å². The summed E-state index contributed by atoms with van der Waals surface area (Å²) >= 11 is 1.72. The van der Waals surface area contributed by atoms with E-state index in [1.807, 2.05) is 7.05 Å². The average molecular weight is 315 g/mol. The van der Waals surface area contributed by atoms with Crippen LogP contribution in [0.2, 0.25) is 0 Å². The van der Waals surface area contributed by atoms with Gasteiger partial charge in [0, 0.05) is 20.1 Å². The third-order valence-corrected chi connectivity index (χ3v) is 4.26. The lowest BCUT2D eigenvalue weighted by atomic mass is 9.86. The molecule has 1 aromatic heterocycles. The maximum absolute atomic E-state index is 4.30. The molecule has 0 aliphatic carbocycles. The molecule has 118 valence electrons. The molecule has 0 spiro atoms. The number of hydrogen-bond donors (Lipinski definition) is 2. The van der Waals surface area contributed by atoms with Crippen molar-refractivity contribution in [1.82, 2.24) is 10.6 Å². The maximum Gasteiger partial charge on any atom is 0.191 e. The van der Waals surface area contributed by atoms with Gasteiger partial charge in [0.15, 0.2) is 5.96 Å². The average Bonchev–Trinajstić information content (AvgIpc) is 3.01. The minimum atomic E-state index is 0.168. The van der Waals surface area contributed by atoms with Gasteiger partial charge in [-0.25, -0.2) is 0 Å². The number of rotatable bonds is 6. The van der Waals surface area contributed by atoms with Crippen LogP contribution in [-0.2, 0) is 13.0 Å². The summed E-state index contributed by atoms with van der Waals surface area (Å²) in [6.45, 7) is 6.24. The molecule has 4 heteroatoms. The number of hydrogen-bond acceptors (Lipinski definition) is 2. The summed E-state index contributed by atoms with van der Waals surface area (Å²) in [6.07, 6.45) is 1.04. The van der Waals surface area contributed by atoms with Crippen molar-refractivity contribution in [3.05, 3.63) is 58.3 Å². The lowest BCUT2D eigenvalue weighted by molar-refractivity contribution is 0.359. The van der Waals surface area contributed by atoms with Crippen molar-refractivity contribution < 1.29 is 0 Å². The fourth-order valence-electron chi connectivity index (χ4n) is 2.33. The SMILES string of the molecule is CN=C(NCc1ccsc1)NCC(C)(C)Cc1ccccc1. The molecule has 0 radical (unpaired) electrons.